The highest BCUT2D eigenvalue weighted by Gasteiger charge is 2.30. The Kier molecular flexibility index (Phi) is 3.37. The van der Waals surface area contributed by atoms with E-state index in [9.17, 15) is 0 Å². The van der Waals surface area contributed by atoms with E-state index in [0.717, 1.165) is 13.0 Å². The predicted octanol–water partition coefficient (Wildman–Crippen LogP) is 2.40. The molecule has 15 heavy (non-hydrogen) atoms. The molecule has 1 fully saturated rings. The Hall–Kier alpha value is -0.890. The van der Waals surface area contributed by atoms with Crippen LogP contribution >= 0.6 is 0 Å². The Labute approximate surface area is 92.1 Å². The van der Waals surface area contributed by atoms with Gasteiger partial charge in [0, 0.05) is 18.9 Å². The van der Waals surface area contributed by atoms with Crippen LogP contribution in [-0.2, 0) is 6.42 Å². The van der Waals surface area contributed by atoms with Crippen molar-refractivity contribution in [3.8, 4) is 0 Å². The van der Waals surface area contributed by atoms with Crippen molar-refractivity contribution in [3.05, 3.63) is 30.1 Å². The van der Waals surface area contributed by atoms with Crippen molar-refractivity contribution < 1.29 is 0 Å². The molecule has 0 unspecified atom stereocenters. The average Bonchev–Trinajstić information content (AvgIpc) is 2.23. The van der Waals surface area contributed by atoms with Gasteiger partial charge in [0.25, 0.3) is 0 Å². The molecule has 0 aromatic carbocycles. The van der Waals surface area contributed by atoms with Gasteiger partial charge in [0.1, 0.15) is 0 Å². The maximum Gasteiger partial charge on any atom is 0.0300 e. The van der Waals surface area contributed by atoms with Crippen molar-refractivity contribution >= 4 is 0 Å². The molecule has 0 spiro atoms. The van der Waals surface area contributed by atoms with E-state index in [4.69, 9.17) is 0 Å². The number of nitrogens with one attached hydrogen (secondary N) is 1. The van der Waals surface area contributed by atoms with Crippen LogP contribution in [0.4, 0.5) is 0 Å². The zero-order chi connectivity index (χ0) is 10.6. The summed E-state index contributed by atoms with van der Waals surface area (Å²) in [7, 11) is 0. The SMILES string of the molecule is CC1(CNCCc2cccnc2)CCC1. The van der Waals surface area contributed by atoms with Crippen LogP contribution in [-0.4, -0.2) is 18.1 Å². The number of pyridine rings is 1. The Morgan fingerprint density at radius 2 is 2.33 bits per heavy atom. The maximum atomic E-state index is 4.11. The molecule has 0 aliphatic heterocycles. The first kappa shape index (κ1) is 10.6. The Bertz CT molecular complexity index is 291. The summed E-state index contributed by atoms with van der Waals surface area (Å²) in [5.41, 5.74) is 1.92. The van der Waals surface area contributed by atoms with Crippen molar-refractivity contribution in [1.29, 1.82) is 0 Å². The number of hydrogen-bond donors (Lipinski definition) is 1. The molecule has 0 saturated heterocycles. The lowest BCUT2D eigenvalue weighted by molar-refractivity contribution is 0.157. The van der Waals surface area contributed by atoms with Gasteiger partial charge in [0.15, 0.2) is 0 Å². The summed E-state index contributed by atoms with van der Waals surface area (Å²) in [5, 5.41) is 3.55. The molecule has 2 heteroatoms. The third-order valence-corrected chi connectivity index (χ3v) is 3.43. The van der Waals surface area contributed by atoms with Crippen LogP contribution in [0.25, 0.3) is 0 Å². The Balaban J connectivity index is 1.63. The van der Waals surface area contributed by atoms with Gasteiger partial charge in [-0.1, -0.05) is 19.4 Å². The highest BCUT2D eigenvalue weighted by atomic mass is 14.9. The second kappa shape index (κ2) is 4.75. The lowest BCUT2D eigenvalue weighted by Crippen LogP contribution is -2.37. The summed E-state index contributed by atoms with van der Waals surface area (Å²) in [6.07, 6.45) is 9.07. The molecule has 2 nitrogen and oxygen atoms in total. The molecule has 1 saturated carbocycles. The van der Waals surface area contributed by atoms with Crippen LogP contribution in [0.5, 0.6) is 0 Å². The minimum absolute atomic E-state index is 0.592. The molecule has 0 bridgehead atoms. The van der Waals surface area contributed by atoms with E-state index in [1.165, 1.54) is 31.4 Å². The minimum atomic E-state index is 0.592. The first-order valence-electron chi connectivity index (χ1n) is 5.88. The summed E-state index contributed by atoms with van der Waals surface area (Å²) in [4.78, 5) is 4.11. The van der Waals surface area contributed by atoms with Gasteiger partial charge in [0.05, 0.1) is 0 Å². The molecule has 1 aliphatic rings. The third-order valence-electron chi connectivity index (χ3n) is 3.43. The number of aromatic nitrogens is 1. The van der Waals surface area contributed by atoms with Gasteiger partial charge < -0.3 is 5.32 Å². The van der Waals surface area contributed by atoms with Gasteiger partial charge in [-0.2, -0.15) is 0 Å². The van der Waals surface area contributed by atoms with Crippen molar-refractivity contribution in [2.75, 3.05) is 13.1 Å². The predicted molar refractivity (Wildman–Crippen MR) is 62.8 cm³/mol. The van der Waals surface area contributed by atoms with E-state index in [1.54, 1.807) is 0 Å². The largest absolute Gasteiger partial charge is 0.316 e. The van der Waals surface area contributed by atoms with E-state index in [2.05, 4.69) is 23.3 Å². The molecule has 1 N–H and O–H groups in total. The second-order valence-corrected chi connectivity index (χ2v) is 4.95. The summed E-state index contributed by atoms with van der Waals surface area (Å²) in [6, 6.07) is 4.14. The van der Waals surface area contributed by atoms with E-state index in [0.29, 0.717) is 5.41 Å². The van der Waals surface area contributed by atoms with E-state index < -0.39 is 0 Å². The maximum absolute atomic E-state index is 4.11. The van der Waals surface area contributed by atoms with E-state index in [1.807, 2.05) is 18.5 Å². The average molecular weight is 204 g/mol. The van der Waals surface area contributed by atoms with Gasteiger partial charge in [-0.15, -0.1) is 0 Å². The molecule has 82 valence electrons. The third kappa shape index (κ3) is 3.03. The quantitative estimate of drug-likeness (QED) is 0.745. The van der Waals surface area contributed by atoms with Crippen molar-refractivity contribution in [3.63, 3.8) is 0 Å². The van der Waals surface area contributed by atoms with Crippen LogP contribution in [0.2, 0.25) is 0 Å². The molecule has 1 aromatic heterocycles. The highest BCUT2D eigenvalue weighted by molar-refractivity contribution is 5.08. The molecule has 1 aromatic rings. The molecular weight excluding hydrogens is 184 g/mol. The Morgan fingerprint density at radius 3 is 2.93 bits per heavy atom. The van der Waals surface area contributed by atoms with Gasteiger partial charge in [-0.25, -0.2) is 0 Å². The summed E-state index contributed by atoms with van der Waals surface area (Å²) < 4.78 is 0. The van der Waals surface area contributed by atoms with Gasteiger partial charge in [0.2, 0.25) is 0 Å². The second-order valence-electron chi connectivity index (χ2n) is 4.95. The van der Waals surface area contributed by atoms with Crippen LogP contribution in [0.3, 0.4) is 0 Å². The lowest BCUT2D eigenvalue weighted by Gasteiger charge is -2.38. The molecule has 1 aliphatic carbocycles. The fourth-order valence-corrected chi connectivity index (χ4v) is 2.13. The molecular formula is C13H20N2. The lowest BCUT2D eigenvalue weighted by atomic mass is 9.70. The summed E-state index contributed by atoms with van der Waals surface area (Å²) in [5.74, 6) is 0. The van der Waals surface area contributed by atoms with Gasteiger partial charge in [-0.05, 0) is 42.9 Å². The van der Waals surface area contributed by atoms with Crippen molar-refractivity contribution in [1.82, 2.24) is 10.3 Å². The number of hydrogen-bond acceptors (Lipinski definition) is 2. The van der Waals surface area contributed by atoms with E-state index >= 15 is 0 Å². The molecule has 0 amide bonds. The van der Waals surface area contributed by atoms with Gasteiger partial charge >= 0.3 is 0 Å². The standard InChI is InChI=1S/C13H20N2/c1-13(6-3-7-13)11-15-9-5-12-4-2-8-14-10-12/h2,4,8,10,15H,3,5-7,9,11H2,1H3. The molecule has 1 heterocycles. The first-order valence-corrected chi connectivity index (χ1v) is 5.88. The molecule has 0 atom stereocenters. The summed E-state index contributed by atoms with van der Waals surface area (Å²) in [6.45, 7) is 4.63. The zero-order valence-corrected chi connectivity index (χ0v) is 9.50. The zero-order valence-electron chi connectivity index (χ0n) is 9.50. The van der Waals surface area contributed by atoms with Crippen molar-refractivity contribution in [2.24, 2.45) is 5.41 Å². The Morgan fingerprint density at radius 1 is 1.47 bits per heavy atom. The number of rotatable bonds is 5. The topological polar surface area (TPSA) is 24.9 Å². The fraction of sp³-hybridized carbons (Fsp3) is 0.615. The smallest absolute Gasteiger partial charge is 0.0300 e. The normalized spacial score (nSPS) is 18.5. The summed E-state index contributed by atoms with van der Waals surface area (Å²) >= 11 is 0. The highest BCUT2D eigenvalue weighted by Crippen LogP contribution is 2.39. The monoisotopic (exact) mass is 204 g/mol. The van der Waals surface area contributed by atoms with Crippen molar-refractivity contribution in [2.45, 2.75) is 32.6 Å². The van der Waals surface area contributed by atoms with E-state index in [-0.39, 0.29) is 0 Å². The van der Waals surface area contributed by atoms with Crippen LogP contribution in [0.1, 0.15) is 31.7 Å². The molecule has 2 rings (SSSR count). The minimum Gasteiger partial charge on any atom is -0.316 e. The molecule has 0 radical (unpaired) electrons. The fourth-order valence-electron chi connectivity index (χ4n) is 2.13. The van der Waals surface area contributed by atoms with Crippen LogP contribution < -0.4 is 5.32 Å². The van der Waals surface area contributed by atoms with Crippen LogP contribution in [0, 0.1) is 5.41 Å². The van der Waals surface area contributed by atoms with Crippen LogP contribution in [0.15, 0.2) is 24.5 Å². The number of nitrogens with zero attached hydrogens (tertiary/aromatic N) is 1. The first-order chi connectivity index (χ1) is 7.29. The van der Waals surface area contributed by atoms with Gasteiger partial charge in [-0.3, -0.25) is 4.98 Å².